The molecule has 3 heterocycles. The van der Waals surface area contributed by atoms with Crippen molar-refractivity contribution < 1.29 is 0 Å². The molecule has 130 valence electrons. The van der Waals surface area contributed by atoms with Crippen LogP contribution < -0.4 is 11.0 Å². The Bertz CT molecular complexity index is 1190. The molecule has 0 aliphatic rings. The summed E-state index contributed by atoms with van der Waals surface area (Å²) >= 11 is 1.42. The number of aromatic amines is 2. The van der Waals surface area contributed by atoms with Crippen LogP contribution in [0.3, 0.4) is 0 Å². The van der Waals surface area contributed by atoms with Gasteiger partial charge in [-0.3, -0.25) is 14.7 Å². The van der Waals surface area contributed by atoms with Crippen molar-refractivity contribution in [1.29, 1.82) is 0 Å². The molecule has 0 saturated carbocycles. The Morgan fingerprint density at radius 2 is 1.96 bits per heavy atom. The first kappa shape index (κ1) is 16.3. The summed E-state index contributed by atoms with van der Waals surface area (Å²) in [6.07, 6.45) is 1.70. The number of fused-ring (bicyclic) bond motifs is 1. The van der Waals surface area contributed by atoms with Gasteiger partial charge in [-0.2, -0.15) is 0 Å². The number of thioether (sulfide) groups is 1. The zero-order valence-electron chi connectivity index (χ0n) is 13.9. The first-order valence-electron chi connectivity index (χ1n) is 7.96. The Hall–Kier alpha value is -3.13. The average molecular weight is 365 g/mol. The van der Waals surface area contributed by atoms with E-state index in [-0.39, 0.29) is 16.4 Å². The third kappa shape index (κ3) is 3.06. The number of H-pyrrole nitrogens is 2. The molecule has 0 aliphatic carbocycles. The lowest BCUT2D eigenvalue weighted by molar-refractivity contribution is 0.857. The van der Waals surface area contributed by atoms with Gasteiger partial charge in [0.1, 0.15) is 11.0 Å². The minimum absolute atomic E-state index is 0.120. The van der Waals surface area contributed by atoms with E-state index in [2.05, 4.69) is 20.1 Å². The van der Waals surface area contributed by atoms with E-state index < -0.39 is 0 Å². The second-order valence-corrected chi connectivity index (χ2v) is 6.71. The highest BCUT2D eigenvalue weighted by Crippen LogP contribution is 2.18. The summed E-state index contributed by atoms with van der Waals surface area (Å²) in [5.41, 5.74) is 1.98. The van der Waals surface area contributed by atoms with Gasteiger partial charge in [0.15, 0.2) is 10.6 Å². The first-order valence-corrected chi connectivity index (χ1v) is 8.95. The number of aryl methyl sites for hydroxylation is 1. The molecule has 4 rings (SSSR count). The van der Waals surface area contributed by atoms with Gasteiger partial charge in [-0.1, -0.05) is 30.0 Å². The zero-order chi connectivity index (χ0) is 18.1. The molecule has 0 saturated heterocycles. The molecule has 3 aromatic heterocycles. The molecule has 0 unspecified atom stereocenters. The van der Waals surface area contributed by atoms with E-state index in [0.29, 0.717) is 27.9 Å². The Morgan fingerprint density at radius 1 is 1.15 bits per heavy atom. The summed E-state index contributed by atoms with van der Waals surface area (Å²) in [7, 11) is 0. The fourth-order valence-electron chi connectivity index (χ4n) is 2.66. The highest BCUT2D eigenvalue weighted by atomic mass is 32.2. The number of hydrogen-bond acceptors (Lipinski definition) is 5. The van der Waals surface area contributed by atoms with Gasteiger partial charge in [-0.25, -0.2) is 14.6 Å². The Labute approximate surface area is 152 Å². The van der Waals surface area contributed by atoms with Crippen LogP contribution in [-0.2, 0) is 5.75 Å². The van der Waals surface area contributed by atoms with Gasteiger partial charge in [0.25, 0.3) is 5.56 Å². The lowest BCUT2D eigenvalue weighted by atomic mass is 10.3. The largest absolute Gasteiger partial charge is 0.343 e. The number of benzene rings is 1. The fourth-order valence-corrected chi connectivity index (χ4v) is 3.44. The SMILES string of the molecule is Cc1ccnc(SCc2cc(=O)c3c(=O)n(-c4ccccc4)[nH]c3[nH]2)n1. The third-order valence-corrected chi connectivity index (χ3v) is 4.78. The van der Waals surface area contributed by atoms with Gasteiger partial charge in [-0.15, -0.1) is 0 Å². The van der Waals surface area contributed by atoms with Crippen molar-refractivity contribution >= 4 is 22.8 Å². The molecule has 2 N–H and O–H groups in total. The van der Waals surface area contributed by atoms with Gasteiger partial charge >= 0.3 is 0 Å². The first-order chi connectivity index (χ1) is 12.6. The maximum Gasteiger partial charge on any atom is 0.284 e. The minimum Gasteiger partial charge on any atom is -0.343 e. The van der Waals surface area contributed by atoms with Crippen molar-refractivity contribution in [3.05, 3.63) is 80.6 Å². The molecule has 8 heteroatoms. The molecule has 1 aromatic carbocycles. The van der Waals surface area contributed by atoms with Gasteiger partial charge < -0.3 is 4.98 Å². The van der Waals surface area contributed by atoms with E-state index in [9.17, 15) is 9.59 Å². The summed E-state index contributed by atoms with van der Waals surface area (Å²) in [4.78, 5) is 36.7. The molecule has 0 aliphatic heterocycles. The number of aromatic nitrogens is 5. The van der Waals surface area contributed by atoms with Crippen molar-refractivity contribution in [3.8, 4) is 5.69 Å². The summed E-state index contributed by atoms with van der Waals surface area (Å²) in [6.45, 7) is 1.90. The van der Waals surface area contributed by atoms with E-state index in [1.807, 2.05) is 31.2 Å². The van der Waals surface area contributed by atoms with Crippen molar-refractivity contribution in [2.45, 2.75) is 17.8 Å². The van der Waals surface area contributed by atoms with Crippen LogP contribution in [0.4, 0.5) is 0 Å². The van der Waals surface area contributed by atoms with Gasteiger partial charge in [-0.05, 0) is 25.1 Å². The van der Waals surface area contributed by atoms with Crippen LogP contribution in [0.5, 0.6) is 0 Å². The molecule has 0 fully saturated rings. The van der Waals surface area contributed by atoms with Crippen molar-refractivity contribution in [1.82, 2.24) is 24.7 Å². The van der Waals surface area contributed by atoms with E-state index in [4.69, 9.17) is 0 Å². The van der Waals surface area contributed by atoms with E-state index in [1.54, 1.807) is 18.3 Å². The highest BCUT2D eigenvalue weighted by molar-refractivity contribution is 7.98. The van der Waals surface area contributed by atoms with Crippen LogP contribution in [0.25, 0.3) is 16.7 Å². The van der Waals surface area contributed by atoms with Crippen LogP contribution >= 0.6 is 11.8 Å². The number of pyridine rings is 1. The molecule has 0 spiro atoms. The Kier molecular flexibility index (Phi) is 4.18. The maximum atomic E-state index is 12.6. The van der Waals surface area contributed by atoms with Gasteiger partial charge in [0.05, 0.1) is 5.69 Å². The topological polar surface area (TPSA) is 96.4 Å². The molecule has 0 amide bonds. The molecular formula is C18H15N5O2S. The second kappa shape index (κ2) is 6.64. The van der Waals surface area contributed by atoms with Crippen LogP contribution in [0.1, 0.15) is 11.4 Å². The van der Waals surface area contributed by atoms with E-state index >= 15 is 0 Å². The standard InChI is InChI=1S/C18H15N5O2S/c1-11-7-8-19-18(20-11)26-10-12-9-14(24)15-16(21-12)22-23(17(15)25)13-5-3-2-4-6-13/h2-9H,10H2,1H3,(H2,21,22,24). The molecule has 26 heavy (non-hydrogen) atoms. The van der Waals surface area contributed by atoms with Crippen LogP contribution in [0.2, 0.25) is 0 Å². The second-order valence-electron chi connectivity index (χ2n) is 5.77. The number of nitrogens with zero attached hydrogens (tertiary/aromatic N) is 3. The Balaban J connectivity index is 1.70. The van der Waals surface area contributed by atoms with Crippen LogP contribution in [0.15, 0.2) is 63.4 Å². The highest BCUT2D eigenvalue weighted by Gasteiger charge is 2.13. The van der Waals surface area contributed by atoms with Crippen LogP contribution in [-0.4, -0.2) is 24.7 Å². The summed E-state index contributed by atoms with van der Waals surface area (Å²) in [6, 6.07) is 12.4. The van der Waals surface area contributed by atoms with Crippen LogP contribution in [0, 0.1) is 6.92 Å². The quantitative estimate of drug-likeness (QED) is 0.428. The molecule has 4 aromatic rings. The van der Waals surface area contributed by atoms with Crippen molar-refractivity contribution in [2.24, 2.45) is 0 Å². The predicted octanol–water partition coefficient (Wildman–Crippen LogP) is 2.40. The zero-order valence-corrected chi connectivity index (χ0v) is 14.7. The molecule has 0 bridgehead atoms. The molecular weight excluding hydrogens is 350 g/mol. The number of hydrogen-bond donors (Lipinski definition) is 2. The molecule has 7 nitrogen and oxygen atoms in total. The molecule has 0 atom stereocenters. The minimum atomic E-state index is -0.367. The number of rotatable bonds is 4. The smallest absolute Gasteiger partial charge is 0.284 e. The van der Waals surface area contributed by atoms with E-state index in [1.165, 1.54) is 22.5 Å². The maximum absolute atomic E-state index is 12.6. The van der Waals surface area contributed by atoms with Gasteiger partial charge in [0.2, 0.25) is 0 Å². The fraction of sp³-hybridized carbons (Fsp3) is 0.111. The summed E-state index contributed by atoms with van der Waals surface area (Å²) < 4.78 is 1.36. The third-order valence-electron chi connectivity index (χ3n) is 3.87. The number of nitrogens with one attached hydrogen (secondary N) is 2. The summed E-state index contributed by atoms with van der Waals surface area (Å²) in [5, 5.41) is 3.74. The monoisotopic (exact) mass is 365 g/mol. The lowest BCUT2D eigenvalue weighted by Crippen LogP contribution is -2.18. The van der Waals surface area contributed by atoms with Crippen molar-refractivity contribution in [3.63, 3.8) is 0 Å². The lowest BCUT2D eigenvalue weighted by Gasteiger charge is -2.02. The molecule has 0 radical (unpaired) electrons. The Morgan fingerprint density at radius 3 is 2.73 bits per heavy atom. The average Bonchev–Trinajstić information content (AvgIpc) is 2.98. The number of para-hydroxylation sites is 1. The van der Waals surface area contributed by atoms with Crippen molar-refractivity contribution in [2.75, 3.05) is 0 Å². The summed E-state index contributed by atoms with van der Waals surface area (Å²) in [5.74, 6) is 0.493. The van der Waals surface area contributed by atoms with Gasteiger partial charge in [0, 0.05) is 29.4 Å². The van der Waals surface area contributed by atoms with E-state index in [0.717, 1.165) is 5.69 Å². The normalized spacial score (nSPS) is 11.1. The predicted molar refractivity (Wildman–Crippen MR) is 101 cm³/mol.